The van der Waals surface area contributed by atoms with Crippen LogP contribution in [0.2, 0.25) is 0 Å². The highest BCUT2D eigenvalue weighted by atomic mass is 14.4. The van der Waals surface area contributed by atoms with Crippen molar-refractivity contribution >= 4 is 0 Å². The molecule has 72 valence electrons. The molecule has 0 amide bonds. The van der Waals surface area contributed by atoms with Crippen LogP contribution in [0.4, 0.5) is 0 Å². The zero-order valence-corrected chi connectivity index (χ0v) is 9.35. The highest BCUT2D eigenvalue weighted by molar-refractivity contribution is 4.82. The molecule has 0 saturated heterocycles. The summed E-state index contributed by atoms with van der Waals surface area (Å²) in [6.07, 6.45) is 4.36. The van der Waals surface area contributed by atoms with Crippen molar-refractivity contribution in [2.24, 2.45) is 23.2 Å². The third-order valence-corrected chi connectivity index (χ3v) is 3.40. The first-order chi connectivity index (χ1) is 5.39. The molecule has 1 aliphatic carbocycles. The second-order valence-corrected chi connectivity index (χ2v) is 5.98. The lowest BCUT2D eigenvalue weighted by molar-refractivity contribution is 0.115. The Balaban J connectivity index is 2.55. The molecule has 0 aromatic rings. The van der Waals surface area contributed by atoms with Crippen LogP contribution in [0.3, 0.4) is 0 Å². The summed E-state index contributed by atoms with van der Waals surface area (Å²) in [6, 6.07) is 0. The van der Waals surface area contributed by atoms with E-state index >= 15 is 0 Å². The van der Waals surface area contributed by atoms with Gasteiger partial charge in [-0.05, 0) is 42.4 Å². The van der Waals surface area contributed by atoms with E-state index in [9.17, 15) is 0 Å². The molecule has 1 aliphatic rings. The second kappa shape index (κ2) is 3.40. The first kappa shape index (κ1) is 10.1. The van der Waals surface area contributed by atoms with E-state index < -0.39 is 0 Å². The first-order valence-corrected chi connectivity index (χ1v) is 5.39. The third kappa shape index (κ3) is 2.50. The van der Waals surface area contributed by atoms with Gasteiger partial charge in [-0.15, -0.1) is 0 Å². The van der Waals surface area contributed by atoms with Gasteiger partial charge in [0, 0.05) is 0 Å². The molecule has 1 unspecified atom stereocenters. The summed E-state index contributed by atoms with van der Waals surface area (Å²) in [4.78, 5) is 0. The molecule has 0 radical (unpaired) electrons. The molecule has 0 aliphatic heterocycles. The molecule has 0 heterocycles. The molecule has 1 rings (SSSR count). The molecule has 12 heavy (non-hydrogen) atoms. The van der Waals surface area contributed by atoms with Crippen molar-refractivity contribution in [2.75, 3.05) is 0 Å². The average molecular weight is 168 g/mol. The van der Waals surface area contributed by atoms with E-state index in [0.29, 0.717) is 5.41 Å². The van der Waals surface area contributed by atoms with Gasteiger partial charge in [-0.25, -0.2) is 0 Å². The van der Waals surface area contributed by atoms with Crippen LogP contribution in [0.15, 0.2) is 0 Å². The highest BCUT2D eigenvalue weighted by Gasteiger charge is 2.31. The largest absolute Gasteiger partial charge is 0.0625 e. The van der Waals surface area contributed by atoms with Gasteiger partial charge in [0.15, 0.2) is 0 Å². The lowest BCUT2D eigenvalue weighted by atomic mass is 9.66. The molecule has 3 atom stereocenters. The fraction of sp³-hybridized carbons (Fsp3) is 1.00. The van der Waals surface area contributed by atoms with E-state index in [1.165, 1.54) is 19.3 Å². The van der Waals surface area contributed by atoms with Crippen LogP contribution in [-0.4, -0.2) is 0 Å². The molecule has 1 fully saturated rings. The monoisotopic (exact) mass is 168 g/mol. The van der Waals surface area contributed by atoms with Gasteiger partial charge in [0.05, 0.1) is 0 Å². The number of rotatable bonds is 0. The minimum atomic E-state index is 0.531. The maximum Gasteiger partial charge on any atom is -0.0354 e. The van der Waals surface area contributed by atoms with Gasteiger partial charge < -0.3 is 0 Å². The van der Waals surface area contributed by atoms with Crippen LogP contribution in [0.25, 0.3) is 0 Å². The summed E-state index contributed by atoms with van der Waals surface area (Å²) in [7, 11) is 0. The molecular weight excluding hydrogens is 144 g/mol. The van der Waals surface area contributed by atoms with E-state index in [1.54, 1.807) is 0 Å². The minimum absolute atomic E-state index is 0.531. The summed E-state index contributed by atoms with van der Waals surface area (Å²) in [5, 5.41) is 0. The van der Waals surface area contributed by atoms with Crippen molar-refractivity contribution in [1.29, 1.82) is 0 Å². The SMILES string of the molecule is C[C@@H]1CC(C(C)(C)C)C[C@H](C)C1. The van der Waals surface area contributed by atoms with Gasteiger partial charge in [0.1, 0.15) is 0 Å². The number of hydrogen-bond donors (Lipinski definition) is 0. The van der Waals surface area contributed by atoms with E-state index in [2.05, 4.69) is 34.6 Å². The van der Waals surface area contributed by atoms with Crippen molar-refractivity contribution in [2.45, 2.75) is 53.9 Å². The Hall–Kier alpha value is 0. The van der Waals surface area contributed by atoms with Crippen LogP contribution >= 0.6 is 0 Å². The van der Waals surface area contributed by atoms with Crippen molar-refractivity contribution in [3.63, 3.8) is 0 Å². The van der Waals surface area contributed by atoms with Crippen molar-refractivity contribution in [3.8, 4) is 0 Å². The quantitative estimate of drug-likeness (QED) is 0.511. The Morgan fingerprint density at radius 3 is 1.58 bits per heavy atom. The van der Waals surface area contributed by atoms with Gasteiger partial charge in [-0.2, -0.15) is 0 Å². The Morgan fingerprint density at radius 1 is 0.833 bits per heavy atom. The van der Waals surface area contributed by atoms with Gasteiger partial charge in [0.2, 0.25) is 0 Å². The zero-order chi connectivity index (χ0) is 9.35. The highest BCUT2D eigenvalue weighted by Crippen LogP contribution is 2.42. The van der Waals surface area contributed by atoms with Crippen molar-refractivity contribution in [3.05, 3.63) is 0 Å². The predicted octanol–water partition coefficient (Wildman–Crippen LogP) is 4.10. The lowest BCUT2D eigenvalue weighted by Gasteiger charge is -2.39. The summed E-state index contributed by atoms with van der Waals surface area (Å²) in [5.41, 5.74) is 0.531. The third-order valence-electron chi connectivity index (χ3n) is 3.40. The lowest BCUT2D eigenvalue weighted by Crippen LogP contribution is -2.29. The summed E-state index contributed by atoms with van der Waals surface area (Å²) in [6.45, 7) is 12.0. The summed E-state index contributed by atoms with van der Waals surface area (Å²) < 4.78 is 0. The fourth-order valence-corrected chi connectivity index (χ4v) is 2.65. The molecule has 0 nitrogen and oxygen atoms in total. The van der Waals surface area contributed by atoms with Crippen LogP contribution in [0.5, 0.6) is 0 Å². The molecule has 0 N–H and O–H groups in total. The van der Waals surface area contributed by atoms with Crippen molar-refractivity contribution < 1.29 is 0 Å². The molecular formula is C12H24. The standard InChI is InChI=1S/C12H24/c1-9-6-10(2)8-11(7-9)12(3,4)5/h9-11H,6-8H2,1-5H3/t9-,10+,11?. The summed E-state index contributed by atoms with van der Waals surface area (Å²) in [5.74, 6) is 2.87. The predicted molar refractivity (Wildman–Crippen MR) is 55.1 cm³/mol. The number of hydrogen-bond acceptors (Lipinski definition) is 0. The Labute approximate surface area is 77.7 Å². The van der Waals surface area contributed by atoms with Gasteiger partial charge >= 0.3 is 0 Å². The van der Waals surface area contributed by atoms with E-state index in [4.69, 9.17) is 0 Å². The smallest absolute Gasteiger partial charge is 0.0354 e. The molecule has 0 aromatic heterocycles. The van der Waals surface area contributed by atoms with Gasteiger partial charge in [-0.3, -0.25) is 0 Å². The Kier molecular flexibility index (Phi) is 2.85. The fourth-order valence-electron chi connectivity index (χ4n) is 2.65. The van der Waals surface area contributed by atoms with Crippen molar-refractivity contribution in [1.82, 2.24) is 0 Å². The molecule has 1 saturated carbocycles. The van der Waals surface area contributed by atoms with Crippen LogP contribution in [0, 0.1) is 23.2 Å². The minimum Gasteiger partial charge on any atom is -0.0625 e. The second-order valence-electron chi connectivity index (χ2n) is 5.98. The van der Waals surface area contributed by atoms with E-state index in [0.717, 1.165) is 17.8 Å². The maximum atomic E-state index is 2.41. The van der Waals surface area contributed by atoms with Crippen LogP contribution in [0.1, 0.15) is 53.9 Å². The maximum absolute atomic E-state index is 2.41. The molecule has 0 aromatic carbocycles. The Bertz CT molecular complexity index is 131. The summed E-state index contributed by atoms with van der Waals surface area (Å²) >= 11 is 0. The molecule has 0 heteroatoms. The average Bonchev–Trinajstić information content (AvgIpc) is 1.82. The van der Waals surface area contributed by atoms with Gasteiger partial charge in [-0.1, -0.05) is 34.6 Å². The van der Waals surface area contributed by atoms with Crippen LogP contribution in [-0.2, 0) is 0 Å². The topological polar surface area (TPSA) is 0 Å². The normalized spacial score (nSPS) is 38.2. The van der Waals surface area contributed by atoms with E-state index in [1.807, 2.05) is 0 Å². The Morgan fingerprint density at radius 2 is 1.25 bits per heavy atom. The van der Waals surface area contributed by atoms with Crippen LogP contribution < -0.4 is 0 Å². The molecule has 0 bridgehead atoms. The zero-order valence-electron chi connectivity index (χ0n) is 9.35. The van der Waals surface area contributed by atoms with Gasteiger partial charge in [0.25, 0.3) is 0 Å². The van der Waals surface area contributed by atoms with E-state index in [-0.39, 0.29) is 0 Å². The first-order valence-electron chi connectivity index (χ1n) is 5.39. The molecule has 0 spiro atoms.